The molecule has 150 valence electrons. The Labute approximate surface area is 171 Å². The summed E-state index contributed by atoms with van der Waals surface area (Å²) >= 11 is 0.829. The number of hydrogen-bond acceptors (Lipinski definition) is 6. The monoisotopic (exact) mass is 413 g/mol. The molecule has 2 aromatic carbocycles. The van der Waals surface area contributed by atoms with Gasteiger partial charge < -0.3 is 14.6 Å². The van der Waals surface area contributed by atoms with Gasteiger partial charge in [-0.3, -0.25) is 14.5 Å². The number of benzene rings is 2. The number of hydrogen-bond donors (Lipinski definition) is 1. The summed E-state index contributed by atoms with van der Waals surface area (Å²) in [4.78, 5) is 36.9. The van der Waals surface area contributed by atoms with E-state index in [1.54, 1.807) is 24.3 Å². The van der Waals surface area contributed by atoms with Gasteiger partial charge in [0.25, 0.3) is 11.1 Å². The van der Waals surface area contributed by atoms with E-state index in [4.69, 9.17) is 14.6 Å². The number of para-hydroxylation sites is 1. The average Bonchev–Trinajstić information content (AvgIpc) is 2.96. The average molecular weight is 413 g/mol. The number of carboxylic acid groups (broad SMARTS) is 1. The molecule has 0 aliphatic carbocycles. The van der Waals surface area contributed by atoms with Crippen molar-refractivity contribution in [3.63, 3.8) is 0 Å². The van der Waals surface area contributed by atoms with Crippen LogP contribution in [0.4, 0.5) is 4.79 Å². The summed E-state index contributed by atoms with van der Waals surface area (Å²) in [6.45, 7) is 1.80. The third-order valence-corrected chi connectivity index (χ3v) is 4.94. The minimum atomic E-state index is -1.10. The van der Waals surface area contributed by atoms with Crippen LogP contribution in [-0.4, -0.2) is 46.9 Å². The number of aryl methyl sites for hydroxylation is 1. The van der Waals surface area contributed by atoms with Crippen LogP contribution < -0.4 is 9.47 Å². The summed E-state index contributed by atoms with van der Waals surface area (Å²) < 4.78 is 10.8. The van der Waals surface area contributed by atoms with Gasteiger partial charge in [-0.2, -0.15) is 0 Å². The first-order valence-corrected chi connectivity index (χ1v) is 9.64. The van der Waals surface area contributed by atoms with Crippen molar-refractivity contribution in [1.29, 1.82) is 0 Å². The second kappa shape index (κ2) is 9.29. The van der Waals surface area contributed by atoms with E-state index in [1.165, 1.54) is 6.08 Å². The van der Waals surface area contributed by atoms with Gasteiger partial charge in [-0.15, -0.1) is 0 Å². The van der Waals surface area contributed by atoms with Gasteiger partial charge in [-0.05, 0) is 43.0 Å². The Hall–Kier alpha value is -3.26. The second-order valence-electron chi connectivity index (χ2n) is 6.22. The Morgan fingerprint density at radius 2 is 1.83 bits per heavy atom. The maximum atomic E-state index is 12.6. The number of thioether (sulfide) groups is 1. The number of carbonyl (C=O) groups is 3. The summed E-state index contributed by atoms with van der Waals surface area (Å²) in [6.07, 6.45) is 1.53. The Morgan fingerprint density at radius 3 is 2.55 bits per heavy atom. The van der Waals surface area contributed by atoms with Gasteiger partial charge in [0.15, 0.2) is 6.61 Å². The minimum Gasteiger partial charge on any atom is -0.492 e. The molecule has 0 spiro atoms. The first kappa shape index (κ1) is 20.5. The lowest BCUT2D eigenvalue weighted by molar-refractivity contribution is -0.139. The molecule has 2 amide bonds. The van der Waals surface area contributed by atoms with Gasteiger partial charge in [0.1, 0.15) is 18.1 Å². The number of rotatable bonds is 8. The highest BCUT2D eigenvalue weighted by atomic mass is 32.2. The maximum Gasteiger partial charge on any atom is 0.341 e. The van der Waals surface area contributed by atoms with Crippen molar-refractivity contribution in [3.05, 3.63) is 64.6 Å². The molecule has 0 aromatic heterocycles. The van der Waals surface area contributed by atoms with E-state index in [0.717, 1.165) is 22.2 Å². The molecule has 1 aliphatic rings. The molecule has 29 heavy (non-hydrogen) atoms. The SMILES string of the molecule is Cc1ccc(OCCN2C(=O)S/C(=C/c3ccccc3OCC(=O)O)C2=O)cc1. The summed E-state index contributed by atoms with van der Waals surface area (Å²) in [5, 5.41) is 8.40. The van der Waals surface area contributed by atoms with Gasteiger partial charge in [0.2, 0.25) is 0 Å². The van der Waals surface area contributed by atoms with Crippen LogP contribution in [0, 0.1) is 6.92 Å². The van der Waals surface area contributed by atoms with Crippen molar-refractivity contribution in [3.8, 4) is 11.5 Å². The number of nitrogens with zero attached hydrogens (tertiary/aromatic N) is 1. The van der Waals surface area contributed by atoms with Crippen LogP contribution in [0.3, 0.4) is 0 Å². The van der Waals surface area contributed by atoms with Crippen molar-refractivity contribution in [2.24, 2.45) is 0 Å². The highest BCUT2D eigenvalue weighted by Crippen LogP contribution is 2.33. The number of amides is 2. The first-order chi connectivity index (χ1) is 13.9. The van der Waals surface area contributed by atoms with Crippen LogP contribution in [0.15, 0.2) is 53.4 Å². The molecule has 8 heteroatoms. The largest absolute Gasteiger partial charge is 0.492 e. The van der Waals surface area contributed by atoms with E-state index in [0.29, 0.717) is 17.1 Å². The first-order valence-electron chi connectivity index (χ1n) is 8.82. The van der Waals surface area contributed by atoms with Gasteiger partial charge in [0, 0.05) is 5.56 Å². The zero-order chi connectivity index (χ0) is 20.8. The van der Waals surface area contributed by atoms with E-state index < -0.39 is 18.5 Å². The highest BCUT2D eigenvalue weighted by molar-refractivity contribution is 8.18. The molecule has 0 unspecified atom stereocenters. The molecule has 7 nitrogen and oxygen atoms in total. The molecule has 1 aliphatic heterocycles. The third kappa shape index (κ3) is 5.39. The fourth-order valence-corrected chi connectivity index (χ4v) is 3.45. The molecular formula is C21H19NO6S. The van der Waals surface area contributed by atoms with E-state index in [9.17, 15) is 14.4 Å². The molecule has 3 rings (SSSR count). The quantitative estimate of drug-likeness (QED) is 0.661. The van der Waals surface area contributed by atoms with Crippen LogP contribution in [0.25, 0.3) is 6.08 Å². The van der Waals surface area contributed by atoms with Gasteiger partial charge >= 0.3 is 5.97 Å². The van der Waals surface area contributed by atoms with Crippen molar-refractivity contribution in [2.45, 2.75) is 6.92 Å². The number of imide groups is 1. The number of carboxylic acids is 1. The zero-order valence-electron chi connectivity index (χ0n) is 15.7. The molecular weight excluding hydrogens is 394 g/mol. The lowest BCUT2D eigenvalue weighted by Crippen LogP contribution is -2.32. The summed E-state index contributed by atoms with van der Waals surface area (Å²) in [7, 11) is 0. The van der Waals surface area contributed by atoms with Crippen molar-refractivity contribution in [1.82, 2.24) is 4.90 Å². The molecule has 0 saturated carbocycles. The van der Waals surface area contributed by atoms with Gasteiger partial charge in [-0.1, -0.05) is 35.9 Å². The fourth-order valence-electron chi connectivity index (χ4n) is 2.59. The topological polar surface area (TPSA) is 93.1 Å². The van der Waals surface area contributed by atoms with E-state index in [1.807, 2.05) is 31.2 Å². The Kier molecular flexibility index (Phi) is 6.56. The predicted octanol–water partition coefficient (Wildman–Crippen LogP) is 3.57. The molecule has 1 saturated heterocycles. The van der Waals surface area contributed by atoms with Crippen LogP contribution in [-0.2, 0) is 9.59 Å². The van der Waals surface area contributed by atoms with Crippen LogP contribution in [0.5, 0.6) is 11.5 Å². The van der Waals surface area contributed by atoms with Crippen LogP contribution in [0.1, 0.15) is 11.1 Å². The van der Waals surface area contributed by atoms with Gasteiger partial charge in [0.05, 0.1) is 11.4 Å². The Morgan fingerprint density at radius 1 is 1.10 bits per heavy atom. The van der Waals surface area contributed by atoms with Crippen LogP contribution >= 0.6 is 11.8 Å². The van der Waals surface area contributed by atoms with Crippen molar-refractivity contribution < 1.29 is 29.0 Å². The van der Waals surface area contributed by atoms with E-state index in [2.05, 4.69) is 0 Å². The van der Waals surface area contributed by atoms with E-state index in [-0.39, 0.29) is 23.3 Å². The Bertz CT molecular complexity index is 954. The highest BCUT2D eigenvalue weighted by Gasteiger charge is 2.35. The molecule has 1 N–H and O–H groups in total. The standard InChI is InChI=1S/C21H19NO6S/c1-14-6-8-16(9-7-14)27-11-10-22-20(25)18(29-21(22)26)12-15-4-2-3-5-17(15)28-13-19(23)24/h2-9,12H,10-11,13H2,1H3,(H,23,24)/b18-12+. The Balaban J connectivity index is 1.65. The normalized spacial score (nSPS) is 15.1. The molecule has 0 atom stereocenters. The predicted molar refractivity (Wildman–Crippen MR) is 109 cm³/mol. The number of carbonyl (C=O) groups excluding carboxylic acids is 2. The number of aliphatic carboxylic acids is 1. The molecule has 0 bridgehead atoms. The van der Waals surface area contributed by atoms with Crippen molar-refractivity contribution in [2.75, 3.05) is 19.8 Å². The van der Waals surface area contributed by atoms with Crippen LogP contribution in [0.2, 0.25) is 0 Å². The smallest absolute Gasteiger partial charge is 0.341 e. The fraction of sp³-hybridized carbons (Fsp3) is 0.190. The molecule has 1 heterocycles. The van der Waals surface area contributed by atoms with E-state index >= 15 is 0 Å². The molecule has 2 aromatic rings. The maximum absolute atomic E-state index is 12.6. The third-order valence-electron chi connectivity index (χ3n) is 4.03. The summed E-state index contributed by atoms with van der Waals surface area (Å²) in [6, 6.07) is 14.2. The number of ether oxygens (including phenoxy) is 2. The molecule has 1 fully saturated rings. The summed E-state index contributed by atoms with van der Waals surface area (Å²) in [5.41, 5.74) is 1.64. The zero-order valence-corrected chi connectivity index (χ0v) is 16.5. The lowest BCUT2D eigenvalue weighted by Gasteiger charge is -2.13. The van der Waals surface area contributed by atoms with Crippen molar-refractivity contribution >= 4 is 35.0 Å². The lowest BCUT2D eigenvalue weighted by atomic mass is 10.2. The second-order valence-corrected chi connectivity index (χ2v) is 7.21. The minimum absolute atomic E-state index is 0.132. The molecule has 0 radical (unpaired) electrons. The van der Waals surface area contributed by atoms with Gasteiger partial charge in [-0.25, -0.2) is 4.79 Å². The summed E-state index contributed by atoms with van der Waals surface area (Å²) in [5.74, 6) is -0.527.